The van der Waals surface area contributed by atoms with Crippen LogP contribution in [-0.2, 0) is 10.2 Å². The fourth-order valence-electron chi connectivity index (χ4n) is 2.62. The lowest BCUT2D eigenvalue weighted by atomic mass is 9.86. The van der Waals surface area contributed by atoms with Crippen LogP contribution >= 0.6 is 0 Å². The lowest BCUT2D eigenvalue weighted by Crippen LogP contribution is -2.21. The van der Waals surface area contributed by atoms with Gasteiger partial charge in [0.05, 0.1) is 18.8 Å². The van der Waals surface area contributed by atoms with E-state index in [2.05, 4.69) is 45.0 Å². The van der Waals surface area contributed by atoms with Crippen molar-refractivity contribution >= 4 is 0 Å². The summed E-state index contributed by atoms with van der Waals surface area (Å²) in [6.07, 6.45) is 5.46. The van der Waals surface area contributed by atoms with Crippen LogP contribution in [0.4, 0.5) is 0 Å². The zero-order chi connectivity index (χ0) is 13.9. The number of nitrogens with two attached hydrogens (primary N) is 1. The summed E-state index contributed by atoms with van der Waals surface area (Å²) in [4.78, 5) is 0. The molecule has 106 valence electrons. The van der Waals surface area contributed by atoms with Gasteiger partial charge in [0.25, 0.3) is 0 Å². The van der Waals surface area contributed by atoms with Crippen LogP contribution in [0.2, 0.25) is 0 Å². The molecule has 1 aromatic rings. The fraction of sp³-hybridized carbons (Fsp3) is 0.647. The first-order chi connectivity index (χ1) is 8.97. The Bertz CT molecular complexity index is 385. The van der Waals surface area contributed by atoms with E-state index in [1.807, 2.05) is 0 Å². The maximum Gasteiger partial charge on any atom is 0.0663 e. The standard InChI is InChI=1S/C17H27NO/c1-17(2,3)14-10-8-13(9-11-14)16(18)12-19-15-6-4-5-7-15/h8-11,15-16H,4-7,12,18H2,1-3H3. The van der Waals surface area contributed by atoms with E-state index in [4.69, 9.17) is 10.5 Å². The Balaban J connectivity index is 1.89. The third kappa shape index (κ3) is 4.05. The molecular formula is C17H27NO. The Morgan fingerprint density at radius 1 is 1.16 bits per heavy atom. The summed E-state index contributed by atoms with van der Waals surface area (Å²) in [5.41, 5.74) is 8.92. The van der Waals surface area contributed by atoms with Crippen molar-refractivity contribution in [1.29, 1.82) is 0 Å². The smallest absolute Gasteiger partial charge is 0.0663 e. The summed E-state index contributed by atoms with van der Waals surface area (Å²) < 4.78 is 5.89. The lowest BCUT2D eigenvalue weighted by Gasteiger charge is -2.21. The van der Waals surface area contributed by atoms with Crippen molar-refractivity contribution in [3.8, 4) is 0 Å². The van der Waals surface area contributed by atoms with E-state index in [0.29, 0.717) is 12.7 Å². The average molecular weight is 261 g/mol. The maximum absolute atomic E-state index is 6.21. The van der Waals surface area contributed by atoms with Crippen LogP contribution < -0.4 is 5.73 Å². The van der Waals surface area contributed by atoms with E-state index in [0.717, 1.165) is 0 Å². The van der Waals surface area contributed by atoms with Crippen LogP contribution in [0.25, 0.3) is 0 Å². The molecule has 0 saturated heterocycles. The average Bonchev–Trinajstić information content (AvgIpc) is 2.88. The molecule has 2 N–H and O–H groups in total. The second kappa shape index (κ2) is 6.06. The number of rotatable bonds is 4. The second-order valence-electron chi connectivity index (χ2n) is 6.72. The third-order valence-corrected chi connectivity index (χ3v) is 4.02. The molecule has 2 heteroatoms. The molecule has 19 heavy (non-hydrogen) atoms. The summed E-state index contributed by atoms with van der Waals surface area (Å²) in [6.45, 7) is 7.32. The van der Waals surface area contributed by atoms with Gasteiger partial charge in [-0.05, 0) is 29.4 Å². The SMILES string of the molecule is CC(C)(C)c1ccc(C(N)COC2CCCC2)cc1. The number of benzene rings is 1. The summed E-state index contributed by atoms with van der Waals surface area (Å²) >= 11 is 0. The predicted molar refractivity (Wildman–Crippen MR) is 80.3 cm³/mol. The Morgan fingerprint density at radius 2 is 1.74 bits per heavy atom. The van der Waals surface area contributed by atoms with Gasteiger partial charge in [0.1, 0.15) is 0 Å². The van der Waals surface area contributed by atoms with Crippen molar-refractivity contribution in [2.24, 2.45) is 5.73 Å². The van der Waals surface area contributed by atoms with E-state index in [9.17, 15) is 0 Å². The topological polar surface area (TPSA) is 35.2 Å². The van der Waals surface area contributed by atoms with Gasteiger partial charge in [0.2, 0.25) is 0 Å². The molecule has 2 nitrogen and oxygen atoms in total. The van der Waals surface area contributed by atoms with Crippen molar-refractivity contribution in [2.75, 3.05) is 6.61 Å². The van der Waals surface area contributed by atoms with Crippen molar-refractivity contribution in [3.63, 3.8) is 0 Å². The lowest BCUT2D eigenvalue weighted by molar-refractivity contribution is 0.0489. The zero-order valence-corrected chi connectivity index (χ0v) is 12.5. The van der Waals surface area contributed by atoms with Gasteiger partial charge < -0.3 is 10.5 Å². The van der Waals surface area contributed by atoms with Crippen molar-refractivity contribution < 1.29 is 4.74 Å². The van der Waals surface area contributed by atoms with Gasteiger partial charge in [-0.25, -0.2) is 0 Å². The zero-order valence-electron chi connectivity index (χ0n) is 12.5. The second-order valence-corrected chi connectivity index (χ2v) is 6.72. The highest BCUT2D eigenvalue weighted by Crippen LogP contribution is 2.25. The summed E-state index contributed by atoms with van der Waals surface area (Å²) in [7, 11) is 0. The predicted octanol–water partition coefficient (Wildman–Crippen LogP) is 3.94. The van der Waals surface area contributed by atoms with Gasteiger partial charge in [-0.15, -0.1) is 0 Å². The van der Waals surface area contributed by atoms with E-state index in [-0.39, 0.29) is 11.5 Å². The number of ether oxygens (including phenoxy) is 1. The van der Waals surface area contributed by atoms with E-state index in [1.165, 1.54) is 36.8 Å². The Morgan fingerprint density at radius 3 is 2.26 bits per heavy atom. The van der Waals surface area contributed by atoms with Crippen molar-refractivity contribution in [2.45, 2.75) is 64.0 Å². The number of hydrogen-bond acceptors (Lipinski definition) is 2. The molecule has 0 spiro atoms. The minimum atomic E-state index is -0.00498. The molecule has 0 aromatic heterocycles. The van der Waals surface area contributed by atoms with Crippen LogP contribution in [0.15, 0.2) is 24.3 Å². The largest absolute Gasteiger partial charge is 0.376 e. The molecule has 1 atom stereocenters. The maximum atomic E-state index is 6.21. The molecule has 1 aliphatic rings. The molecule has 0 radical (unpaired) electrons. The van der Waals surface area contributed by atoms with E-state index in [1.54, 1.807) is 0 Å². The van der Waals surface area contributed by atoms with Crippen LogP contribution in [0.5, 0.6) is 0 Å². The molecule has 0 bridgehead atoms. The third-order valence-electron chi connectivity index (χ3n) is 4.02. The highest BCUT2D eigenvalue weighted by atomic mass is 16.5. The molecule has 0 amide bonds. The normalized spacial score (nSPS) is 18.7. The minimum absolute atomic E-state index is 0.00498. The molecular weight excluding hydrogens is 234 g/mol. The van der Waals surface area contributed by atoms with Crippen molar-refractivity contribution in [1.82, 2.24) is 0 Å². The molecule has 1 unspecified atom stereocenters. The van der Waals surface area contributed by atoms with Gasteiger partial charge in [0.15, 0.2) is 0 Å². The summed E-state index contributed by atoms with van der Waals surface area (Å²) in [5, 5.41) is 0. The van der Waals surface area contributed by atoms with Gasteiger partial charge in [0, 0.05) is 0 Å². The van der Waals surface area contributed by atoms with Crippen LogP contribution in [0.3, 0.4) is 0 Å². The highest BCUT2D eigenvalue weighted by molar-refractivity contribution is 5.29. The van der Waals surface area contributed by atoms with Gasteiger partial charge >= 0.3 is 0 Å². The van der Waals surface area contributed by atoms with Gasteiger partial charge in [-0.1, -0.05) is 57.9 Å². The van der Waals surface area contributed by atoms with Crippen molar-refractivity contribution in [3.05, 3.63) is 35.4 Å². The Kier molecular flexibility index (Phi) is 4.64. The minimum Gasteiger partial charge on any atom is -0.376 e. The first kappa shape index (κ1) is 14.5. The molecule has 2 rings (SSSR count). The van der Waals surface area contributed by atoms with Gasteiger partial charge in [-0.2, -0.15) is 0 Å². The first-order valence-electron chi connectivity index (χ1n) is 7.44. The molecule has 1 saturated carbocycles. The first-order valence-corrected chi connectivity index (χ1v) is 7.44. The van der Waals surface area contributed by atoms with Crippen LogP contribution in [0.1, 0.15) is 63.6 Å². The summed E-state index contributed by atoms with van der Waals surface area (Å²) in [6, 6.07) is 8.65. The molecule has 1 fully saturated rings. The Labute approximate surface area is 117 Å². The quantitative estimate of drug-likeness (QED) is 0.891. The molecule has 0 heterocycles. The molecule has 0 aliphatic heterocycles. The highest BCUT2D eigenvalue weighted by Gasteiger charge is 2.18. The fourth-order valence-corrected chi connectivity index (χ4v) is 2.62. The van der Waals surface area contributed by atoms with E-state index >= 15 is 0 Å². The molecule has 1 aromatic carbocycles. The number of hydrogen-bond donors (Lipinski definition) is 1. The van der Waals surface area contributed by atoms with Crippen LogP contribution in [0, 0.1) is 0 Å². The summed E-state index contributed by atoms with van der Waals surface area (Å²) in [5.74, 6) is 0. The Hall–Kier alpha value is -0.860. The van der Waals surface area contributed by atoms with E-state index < -0.39 is 0 Å². The van der Waals surface area contributed by atoms with Gasteiger partial charge in [-0.3, -0.25) is 0 Å². The monoisotopic (exact) mass is 261 g/mol. The van der Waals surface area contributed by atoms with Crippen LogP contribution in [-0.4, -0.2) is 12.7 Å². The molecule has 1 aliphatic carbocycles.